The van der Waals surface area contributed by atoms with Gasteiger partial charge in [0, 0.05) is 17.3 Å². The van der Waals surface area contributed by atoms with Crippen LogP contribution in [-0.4, -0.2) is 16.9 Å². The number of nitrogens with one attached hydrogen (secondary N) is 1. The van der Waals surface area contributed by atoms with Crippen molar-refractivity contribution in [3.05, 3.63) is 11.1 Å². The lowest BCUT2D eigenvalue weighted by Crippen LogP contribution is -2.16. The van der Waals surface area contributed by atoms with Gasteiger partial charge in [-0.05, 0) is 13.8 Å². The minimum absolute atomic E-state index is 0.294. The van der Waals surface area contributed by atoms with Crippen LogP contribution < -0.4 is 5.32 Å². The fourth-order valence-corrected chi connectivity index (χ4v) is 1.55. The van der Waals surface area contributed by atoms with Gasteiger partial charge in [0.25, 0.3) is 0 Å². The number of nitrogens with zero attached hydrogens (tertiary/aromatic N) is 1. The van der Waals surface area contributed by atoms with E-state index in [9.17, 15) is 0 Å². The average Bonchev–Trinajstić information content (AvgIpc) is 2.35. The molecule has 1 unspecified atom stereocenters. The zero-order valence-corrected chi connectivity index (χ0v) is 8.17. The third-order valence-corrected chi connectivity index (χ3v) is 2.57. The first kappa shape index (κ1) is 8.81. The normalized spacial score (nSPS) is 13.0. The topological polar surface area (TPSA) is 24.9 Å². The van der Waals surface area contributed by atoms with Crippen molar-refractivity contribution >= 4 is 28.1 Å². The van der Waals surface area contributed by atoms with Crippen molar-refractivity contribution in [1.29, 1.82) is 0 Å². The quantitative estimate of drug-likeness (QED) is 0.741. The molecule has 1 rings (SSSR count). The highest BCUT2D eigenvalue weighted by molar-refractivity contribution is 7.13. The van der Waals surface area contributed by atoms with Gasteiger partial charge in [0.15, 0.2) is 5.13 Å². The maximum atomic E-state index is 5.62. The second-order valence-corrected chi connectivity index (χ2v) is 3.66. The summed E-state index contributed by atoms with van der Waals surface area (Å²) in [5, 5.41) is 6.16. The Morgan fingerprint density at radius 1 is 1.82 bits per heavy atom. The Morgan fingerprint density at radius 2 is 2.55 bits per heavy atom. The number of thiazole rings is 1. The molecule has 1 heterocycles. The van der Waals surface area contributed by atoms with Gasteiger partial charge in [0.1, 0.15) is 0 Å². The van der Waals surface area contributed by atoms with E-state index in [1.54, 1.807) is 11.3 Å². The Kier molecular flexibility index (Phi) is 3.15. The van der Waals surface area contributed by atoms with Crippen LogP contribution in [0.25, 0.3) is 0 Å². The van der Waals surface area contributed by atoms with Gasteiger partial charge in [-0.15, -0.1) is 22.9 Å². The summed E-state index contributed by atoms with van der Waals surface area (Å²) >= 11 is 7.24. The summed E-state index contributed by atoms with van der Waals surface area (Å²) in [7, 11) is 0. The van der Waals surface area contributed by atoms with Crippen LogP contribution in [-0.2, 0) is 0 Å². The Hall–Kier alpha value is -0.280. The van der Waals surface area contributed by atoms with Crippen LogP contribution in [0.5, 0.6) is 0 Å². The van der Waals surface area contributed by atoms with Crippen LogP contribution in [0.4, 0.5) is 5.13 Å². The lowest BCUT2D eigenvalue weighted by molar-refractivity contribution is 0.903. The van der Waals surface area contributed by atoms with Gasteiger partial charge in [0.05, 0.1) is 5.69 Å². The van der Waals surface area contributed by atoms with Crippen LogP contribution in [0.2, 0.25) is 0 Å². The van der Waals surface area contributed by atoms with Crippen molar-refractivity contribution in [2.75, 3.05) is 11.2 Å². The van der Waals surface area contributed by atoms with Crippen LogP contribution in [0.3, 0.4) is 0 Å². The van der Waals surface area contributed by atoms with Crippen LogP contribution in [0, 0.1) is 6.92 Å². The number of rotatable bonds is 3. The molecule has 0 aliphatic carbocycles. The molecule has 11 heavy (non-hydrogen) atoms. The van der Waals surface area contributed by atoms with Crippen molar-refractivity contribution in [1.82, 2.24) is 4.98 Å². The third kappa shape index (κ3) is 2.67. The van der Waals surface area contributed by atoms with Crippen LogP contribution in [0.15, 0.2) is 5.38 Å². The molecule has 0 saturated heterocycles. The SMILES string of the molecule is Cc1csc(NC(C)CCl)n1. The second-order valence-electron chi connectivity index (χ2n) is 2.49. The van der Waals surface area contributed by atoms with E-state index in [1.807, 2.05) is 19.2 Å². The number of halogens is 1. The average molecular weight is 191 g/mol. The van der Waals surface area contributed by atoms with E-state index >= 15 is 0 Å². The van der Waals surface area contributed by atoms with Crippen molar-refractivity contribution in [2.45, 2.75) is 19.9 Å². The number of hydrogen-bond donors (Lipinski definition) is 1. The maximum Gasteiger partial charge on any atom is 0.183 e. The molecule has 1 atom stereocenters. The van der Waals surface area contributed by atoms with Gasteiger partial charge in [-0.1, -0.05) is 0 Å². The fraction of sp³-hybridized carbons (Fsp3) is 0.571. The second kappa shape index (κ2) is 3.93. The third-order valence-electron chi connectivity index (χ3n) is 1.22. The molecule has 62 valence electrons. The summed E-state index contributed by atoms with van der Waals surface area (Å²) in [4.78, 5) is 4.25. The number of aryl methyl sites for hydroxylation is 1. The zero-order valence-electron chi connectivity index (χ0n) is 6.60. The van der Waals surface area contributed by atoms with E-state index in [4.69, 9.17) is 11.6 Å². The molecule has 0 radical (unpaired) electrons. The van der Waals surface area contributed by atoms with Gasteiger partial charge in [-0.3, -0.25) is 0 Å². The Balaban J connectivity index is 2.50. The number of hydrogen-bond acceptors (Lipinski definition) is 3. The maximum absolute atomic E-state index is 5.62. The molecular weight excluding hydrogens is 180 g/mol. The summed E-state index contributed by atoms with van der Waals surface area (Å²) in [6, 6.07) is 0.294. The summed E-state index contributed by atoms with van der Waals surface area (Å²) in [5.74, 6) is 0.610. The molecule has 0 saturated carbocycles. The molecule has 1 N–H and O–H groups in total. The molecule has 0 aliphatic rings. The zero-order chi connectivity index (χ0) is 8.27. The largest absolute Gasteiger partial charge is 0.358 e. The first-order valence-electron chi connectivity index (χ1n) is 3.47. The van der Waals surface area contributed by atoms with Gasteiger partial charge in [0.2, 0.25) is 0 Å². The predicted octanol–water partition coefficient (Wildman–Crippen LogP) is 2.49. The highest BCUT2D eigenvalue weighted by Crippen LogP contribution is 2.15. The van der Waals surface area contributed by atoms with Gasteiger partial charge < -0.3 is 5.32 Å². The van der Waals surface area contributed by atoms with E-state index in [2.05, 4.69) is 10.3 Å². The fourth-order valence-electron chi connectivity index (χ4n) is 0.670. The van der Waals surface area contributed by atoms with Crippen molar-refractivity contribution in [3.8, 4) is 0 Å². The van der Waals surface area contributed by atoms with E-state index in [0.29, 0.717) is 11.9 Å². The smallest absolute Gasteiger partial charge is 0.183 e. The van der Waals surface area contributed by atoms with Crippen molar-refractivity contribution < 1.29 is 0 Å². The molecule has 0 aromatic carbocycles. The van der Waals surface area contributed by atoms with Crippen LogP contribution >= 0.6 is 22.9 Å². The summed E-state index contributed by atoms with van der Waals surface area (Å²) in [6.45, 7) is 4.01. The molecular formula is C7H11ClN2S. The number of anilines is 1. The first-order chi connectivity index (χ1) is 5.22. The molecule has 0 fully saturated rings. The number of alkyl halides is 1. The summed E-state index contributed by atoms with van der Waals surface area (Å²) in [5.41, 5.74) is 1.05. The standard InChI is InChI=1S/C7H11ClN2S/c1-5(3-8)9-7-10-6(2)4-11-7/h4-5H,3H2,1-2H3,(H,9,10). The van der Waals surface area contributed by atoms with Crippen molar-refractivity contribution in [3.63, 3.8) is 0 Å². The van der Waals surface area contributed by atoms with Gasteiger partial charge >= 0.3 is 0 Å². The highest BCUT2D eigenvalue weighted by atomic mass is 35.5. The molecule has 1 aromatic heterocycles. The molecule has 0 spiro atoms. The molecule has 1 aromatic rings. The summed E-state index contributed by atoms with van der Waals surface area (Å²) < 4.78 is 0. The van der Waals surface area contributed by atoms with Crippen LogP contribution in [0.1, 0.15) is 12.6 Å². The van der Waals surface area contributed by atoms with E-state index < -0.39 is 0 Å². The monoisotopic (exact) mass is 190 g/mol. The molecule has 4 heteroatoms. The molecule has 0 aliphatic heterocycles. The Bertz CT molecular complexity index is 224. The van der Waals surface area contributed by atoms with Gasteiger partial charge in [-0.25, -0.2) is 4.98 Å². The molecule has 0 bridgehead atoms. The van der Waals surface area contributed by atoms with E-state index in [0.717, 1.165) is 10.8 Å². The van der Waals surface area contributed by atoms with E-state index in [1.165, 1.54) is 0 Å². The lowest BCUT2D eigenvalue weighted by atomic mass is 10.4. The Labute approximate surface area is 75.6 Å². The molecule has 2 nitrogen and oxygen atoms in total. The minimum Gasteiger partial charge on any atom is -0.358 e. The highest BCUT2D eigenvalue weighted by Gasteiger charge is 2.01. The summed E-state index contributed by atoms with van der Waals surface area (Å²) in [6.07, 6.45) is 0. The first-order valence-corrected chi connectivity index (χ1v) is 4.88. The van der Waals surface area contributed by atoms with Gasteiger partial charge in [-0.2, -0.15) is 0 Å². The van der Waals surface area contributed by atoms with E-state index in [-0.39, 0.29) is 0 Å². The minimum atomic E-state index is 0.294. The molecule has 0 amide bonds. The van der Waals surface area contributed by atoms with Crippen molar-refractivity contribution in [2.24, 2.45) is 0 Å². The number of aromatic nitrogens is 1. The lowest BCUT2D eigenvalue weighted by Gasteiger charge is -2.07. The Morgan fingerprint density at radius 3 is 3.00 bits per heavy atom. The predicted molar refractivity (Wildman–Crippen MR) is 50.7 cm³/mol.